The molecule has 4 aliphatic carbocycles. The van der Waals surface area contributed by atoms with Crippen LogP contribution in [0.2, 0.25) is 5.02 Å². The number of amides is 3. The van der Waals surface area contributed by atoms with E-state index in [1.807, 2.05) is 67.1 Å². The molecule has 21 nitrogen and oxygen atoms in total. The third-order valence-corrected chi connectivity index (χ3v) is 24.2. The molecule has 4 fully saturated rings. The summed E-state index contributed by atoms with van der Waals surface area (Å²) in [6.45, 7) is 2.10. The molecule has 4 aliphatic rings. The first-order valence-electron chi connectivity index (χ1n) is 37.1. The molecule has 0 saturated heterocycles. The number of halogens is 2. The zero-order valence-corrected chi connectivity index (χ0v) is 60.5. The second-order valence-corrected chi connectivity index (χ2v) is 30.7. The average Bonchev–Trinajstić information content (AvgIpc) is 1.61. The summed E-state index contributed by atoms with van der Waals surface area (Å²) < 4.78 is 20.6. The molecule has 0 radical (unpaired) electrons. The van der Waals surface area contributed by atoms with E-state index >= 15 is 0 Å². The van der Waals surface area contributed by atoms with Crippen molar-refractivity contribution in [2.45, 2.75) is 107 Å². The van der Waals surface area contributed by atoms with Gasteiger partial charge in [-0.1, -0.05) is 96.5 Å². The fraction of sp³-hybridized carbons (Fsp3) is 0.289. The highest BCUT2D eigenvalue weighted by atomic mass is 35.5. The first-order valence-corrected chi connectivity index (χ1v) is 38.3. The van der Waals surface area contributed by atoms with Gasteiger partial charge < -0.3 is 48.1 Å². The lowest BCUT2D eigenvalue weighted by molar-refractivity contribution is -0.122. The van der Waals surface area contributed by atoms with Crippen molar-refractivity contribution in [1.82, 2.24) is 74.0 Å². The van der Waals surface area contributed by atoms with E-state index in [4.69, 9.17) is 43.8 Å². The van der Waals surface area contributed by atoms with Gasteiger partial charge >= 0.3 is 0 Å². The number of anilines is 3. The molecule has 542 valence electrons. The number of nitrogen functional groups attached to an aromatic ring is 3. The van der Waals surface area contributed by atoms with Gasteiger partial charge in [-0.15, -0.1) is 11.3 Å². The van der Waals surface area contributed by atoms with Crippen LogP contribution in [0.1, 0.15) is 140 Å². The van der Waals surface area contributed by atoms with Gasteiger partial charge in [0.1, 0.15) is 79.3 Å². The van der Waals surface area contributed by atoms with Crippen molar-refractivity contribution < 1.29 is 18.8 Å². The number of hydrogen-bond donors (Lipinski definition) is 9. The lowest BCUT2D eigenvalue weighted by Gasteiger charge is -2.28. The molecule has 107 heavy (non-hydrogen) atoms. The van der Waals surface area contributed by atoms with Crippen LogP contribution in [-0.4, -0.2) is 95.9 Å². The number of thiophene rings is 1. The van der Waals surface area contributed by atoms with E-state index in [2.05, 4.69) is 132 Å². The minimum atomic E-state index is -0.341. The Balaban J connectivity index is 0.000000119. The maximum atomic E-state index is 13.6. The first-order chi connectivity index (χ1) is 52.4. The number of para-hydroxylation sites is 3. The highest BCUT2D eigenvalue weighted by Crippen LogP contribution is 2.48. The van der Waals surface area contributed by atoms with E-state index < -0.39 is 0 Å². The van der Waals surface area contributed by atoms with E-state index in [0.717, 1.165) is 204 Å². The minimum absolute atomic E-state index is 0.132. The molecular weight excluding hydrogens is 1380 g/mol. The smallest absolute Gasteiger partial charge is 0.262 e. The van der Waals surface area contributed by atoms with E-state index in [-0.39, 0.29) is 29.5 Å². The maximum absolute atomic E-state index is 13.6. The van der Waals surface area contributed by atoms with Gasteiger partial charge in [0.2, 0.25) is 12.3 Å². The molecule has 19 rings (SSSR count). The lowest BCUT2D eigenvalue weighted by atomic mass is 9.81. The fourth-order valence-corrected chi connectivity index (χ4v) is 18.3. The number of carbonyl (C=O) groups is 3. The second-order valence-electron chi connectivity index (χ2n) is 29.2. The van der Waals surface area contributed by atoms with E-state index in [0.29, 0.717) is 79.5 Å². The van der Waals surface area contributed by atoms with E-state index in [1.54, 1.807) is 24.7 Å². The number of aromatic amines is 3. The van der Waals surface area contributed by atoms with Crippen LogP contribution in [0.15, 0.2) is 177 Å². The second kappa shape index (κ2) is 29.5. The summed E-state index contributed by atoms with van der Waals surface area (Å²) in [5.74, 6) is 7.10. The third-order valence-electron chi connectivity index (χ3n) is 22.6. The minimum Gasteiger partial charge on any atom is -0.382 e. The van der Waals surface area contributed by atoms with Crippen molar-refractivity contribution in [1.29, 1.82) is 0 Å². The van der Waals surface area contributed by atoms with Crippen LogP contribution >= 0.6 is 22.9 Å². The van der Waals surface area contributed by atoms with Crippen molar-refractivity contribution in [3.05, 3.63) is 215 Å². The van der Waals surface area contributed by atoms with Crippen molar-refractivity contribution in [3.8, 4) is 34.2 Å². The van der Waals surface area contributed by atoms with Crippen molar-refractivity contribution >= 4 is 118 Å². The highest BCUT2D eigenvalue weighted by molar-refractivity contribution is 7.21. The zero-order chi connectivity index (χ0) is 72.8. The van der Waals surface area contributed by atoms with E-state index in [9.17, 15) is 18.8 Å². The molecule has 10 aromatic heterocycles. The van der Waals surface area contributed by atoms with Crippen molar-refractivity contribution in [2.75, 3.05) is 36.8 Å². The Morgan fingerprint density at radius 3 is 1.36 bits per heavy atom. The molecule has 24 heteroatoms. The maximum Gasteiger partial charge on any atom is 0.262 e. The summed E-state index contributed by atoms with van der Waals surface area (Å²) in [5.41, 5.74) is 31.4. The zero-order valence-electron chi connectivity index (χ0n) is 58.9. The third kappa shape index (κ3) is 13.8. The fourth-order valence-electron chi connectivity index (χ4n) is 16.8. The summed E-state index contributed by atoms with van der Waals surface area (Å²) in [5, 5.41) is 13.6. The topological polar surface area (TPSA) is 303 Å². The number of rotatable bonds is 16. The number of fused-ring (bicyclic) bond motifs is 7. The van der Waals surface area contributed by atoms with Gasteiger partial charge in [0.25, 0.3) is 5.91 Å². The SMILES string of the molecule is Nc1nccn2c(C3CCC(CNC(=O)C4CC4c4ccccc4)CC3)nc(-c3cc4ccccc4[nH]3)c12.Nc1nccn2c(C3CCC(CNC(=O)c4sc5cc(F)ccc5c4Cl)CC3)nc(-c3cc4ccccc4[nH]3)c12.Nc1nccn2c(C3CCC(CNC=O)CC3)nc(-c3cc4ccccc4[nH]3)c12. The molecule has 12 N–H and O–H groups in total. The molecule has 0 spiro atoms. The summed E-state index contributed by atoms with van der Waals surface area (Å²) >= 11 is 7.66. The molecule has 15 aromatic rings. The number of hydrogen-bond acceptors (Lipinski definition) is 13. The highest BCUT2D eigenvalue weighted by Gasteiger charge is 2.44. The van der Waals surface area contributed by atoms with Gasteiger partial charge in [0.05, 0.1) is 22.1 Å². The number of benzene rings is 5. The normalized spacial score (nSPS) is 20.1. The van der Waals surface area contributed by atoms with E-state index in [1.165, 1.54) is 29.0 Å². The summed E-state index contributed by atoms with van der Waals surface area (Å²) in [6.07, 6.45) is 25.2. The number of nitrogens with zero attached hydrogens (tertiary/aromatic N) is 9. The van der Waals surface area contributed by atoms with Crippen molar-refractivity contribution in [3.63, 3.8) is 0 Å². The number of nitrogens with one attached hydrogen (secondary N) is 6. The molecule has 10 heterocycles. The number of imidazole rings is 3. The average molecular weight is 1470 g/mol. The quantitative estimate of drug-likeness (QED) is 0.0408. The summed E-state index contributed by atoms with van der Waals surface area (Å²) in [7, 11) is 0. The lowest BCUT2D eigenvalue weighted by Crippen LogP contribution is -2.32. The molecule has 0 bridgehead atoms. The van der Waals surface area contributed by atoms with Gasteiger partial charge in [-0.2, -0.15) is 0 Å². The van der Waals surface area contributed by atoms with Crippen molar-refractivity contribution in [2.24, 2.45) is 23.7 Å². The Kier molecular flexibility index (Phi) is 18.9. The molecular formula is C83H82ClFN18O3S. The van der Waals surface area contributed by atoms with Gasteiger partial charge in [0, 0.05) is 123 Å². The van der Waals surface area contributed by atoms with Gasteiger partial charge in [-0.3, -0.25) is 27.6 Å². The number of aromatic nitrogens is 12. The molecule has 5 aromatic carbocycles. The van der Waals surface area contributed by atoms with Crippen LogP contribution in [0.4, 0.5) is 21.8 Å². The van der Waals surface area contributed by atoms with Crippen LogP contribution in [0.25, 0.3) is 93.5 Å². The van der Waals surface area contributed by atoms with Crippen LogP contribution in [0, 0.1) is 29.5 Å². The Bertz CT molecular complexity index is 5690. The van der Waals surface area contributed by atoms with Gasteiger partial charge in [-0.25, -0.2) is 34.3 Å². The van der Waals surface area contributed by atoms with Crippen LogP contribution in [0.5, 0.6) is 0 Å². The van der Waals surface area contributed by atoms with Gasteiger partial charge in [0.15, 0.2) is 0 Å². The molecule has 0 aliphatic heterocycles. The Hall–Kier alpha value is -11.4. The van der Waals surface area contributed by atoms with Crippen LogP contribution in [-0.2, 0) is 9.59 Å². The number of carbonyl (C=O) groups excluding carboxylic acids is 3. The standard InChI is InChI=1S/C31H32N6O.C30H26ClFN6OS.C22H24N6O/c32-29-28-27(26-16-22-8-4-5-9-25(22)35-26)36-30(37(28)15-14-33-29)21-12-10-19(11-13-21)18-34-31(38)24-17-23(24)20-6-2-1-3-7-20;31-24-20-10-9-19(32)14-23(20)40-27(24)30(39)35-15-16-5-7-17(8-6-16)29-37-25(26-28(33)34-11-12-38(26)29)22-13-18-3-1-2-4-21(18)36-22;23-21-20-19(18-11-16-3-1-2-4-17(16)26-18)27-22(28(20)10-9-25-21)15-7-5-14(6-8-15)12-24-13-29/h1-9,14-16,19,21,23-24,35H,10-13,17-18H2,(H2,32,33)(H,34,38);1-4,9-14,16-17,36H,5-8,15H2,(H2,33,34)(H,35,39);1-4,9-11,13-15,26H,5-8,12H2,(H2,23,25)(H,24,29). The Morgan fingerprint density at radius 2 is 0.935 bits per heavy atom. The largest absolute Gasteiger partial charge is 0.382 e. The molecule has 2 unspecified atom stereocenters. The Morgan fingerprint density at radius 1 is 0.523 bits per heavy atom. The van der Waals surface area contributed by atoms with Gasteiger partial charge in [-0.05, 0) is 167 Å². The van der Waals surface area contributed by atoms with Crippen LogP contribution in [0.3, 0.4) is 0 Å². The molecule has 4 saturated carbocycles. The first kappa shape index (κ1) is 68.7. The molecule has 2 atom stereocenters. The van der Waals surface area contributed by atoms with Crippen LogP contribution < -0.4 is 33.2 Å². The predicted octanol–water partition coefficient (Wildman–Crippen LogP) is 16.3. The predicted molar refractivity (Wildman–Crippen MR) is 422 cm³/mol. The monoisotopic (exact) mass is 1460 g/mol. The Labute approximate surface area is 624 Å². The molecule has 3 amide bonds. The number of H-pyrrole nitrogens is 3. The number of nitrogens with two attached hydrogens (primary N) is 3. The summed E-state index contributed by atoms with van der Waals surface area (Å²) in [6, 6.07) is 45.7. The summed E-state index contributed by atoms with van der Waals surface area (Å²) in [4.78, 5) is 75.5.